The first-order valence-electron chi connectivity index (χ1n) is 7.97. The Hall–Kier alpha value is -3.54. The Balaban J connectivity index is 1.73. The predicted molar refractivity (Wildman–Crippen MR) is 98.3 cm³/mol. The van der Waals surface area contributed by atoms with Crippen molar-refractivity contribution in [3.05, 3.63) is 66.2 Å². The number of rotatable bonds is 5. The average molecular weight is 350 g/mol. The van der Waals surface area contributed by atoms with Crippen LogP contribution in [0.3, 0.4) is 0 Å². The first kappa shape index (κ1) is 17.3. The maximum absolute atomic E-state index is 12.3. The van der Waals surface area contributed by atoms with Crippen LogP contribution in [0.2, 0.25) is 0 Å². The summed E-state index contributed by atoms with van der Waals surface area (Å²) in [7, 11) is 1.45. The third kappa shape index (κ3) is 4.10. The van der Waals surface area contributed by atoms with Crippen molar-refractivity contribution < 1.29 is 19.7 Å². The molecular weight excluding hydrogens is 332 g/mol. The second kappa shape index (κ2) is 7.57. The van der Waals surface area contributed by atoms with Crippen LogP contribution in [-0.2, 0) is 11.2 Å². The van der Waals surface area contributed by atoms with E-state index in [1.165, 1.54) is 13.2 Å². The van der Waals surface area contributed by atoms with Gasteiger partial charge in [-0.15, -0.1) is 0 Å². The number of anilines is 1. The van der Waals surface area contributed by atoms with Gasteiger partial charge in [-0.3, -0.25) is 4.79 Å². The highest BCUT2D eigenvalue weighted by Gasteiger charge is 2.09. The molecule has 1 aromatic heterocycles. The van der Waals surface area contributed by atoms with Crippen LogP contribution in [0, 0.1) is 0 Å². The maximum Gasteiger partial charge on any atom is 0.229 e. The van der Waals surface area contributed by atoms with Gasteiger partial charge in [0.25, 0.3) is 0 Å². The SMILES string of the molecule is COc1cc(CC(=O)Nc2cccc(-c3cccc(O)c3)n2)ccc1O. The minimum absolute atomic E-state index is 0.0251. The molecule has 0 saturated heterocycles. The number of carbonyl (C=O) groups excluding carboxylic acids is 1. The lowest BCUT2D eigenvalue weighted by Crippen LogP contribution is -2.15. The molecule has 132 valence electrons. The van der Waals surface area contributed by atoms with Crippen molar-refractivity contribution in [3.63, 3.8) is 0 Å². The summed E-state index contributed by atoms with van der Waals surface area (Å²) in [5, 5.41) is 22.0. The van der Waals surface area contributed by atoms with Gasteiger partial charge in [-0.1, -0.05) is 24.3 Å². The molecule has 0 bridgehead atoms. The highest BCUT2D eigenvalue weighted by atomic mass is 16.5. The fourth-order valence-corrected chi connectivity index (χ4v) is 2.53. The standard InChI is InChI=1S/C20H18N2O4/c1-26-18-10-13(8-9-17(18)24)11-20(25)22-19-7-3-6-16(21-19)14-4-2-5-15(23)12-14/h2-10,12,23-24H,11H2,1H3,(H,21,22,25). The summed E-state index contributed by atoms with van der Waals surface area (Å²) in [6.45, 7) is 0. The highest BCUT2D eigenvalue weighted by molar-refractivity contribution is 5.91. The number of nitrogens with zero attached hydrogens (tertiary/aromatic N) is 1. The topological polar surface area (TPSA) is 91.7 Å². The number of carbonyl (C=O) groups is 1. The van der Waals surface area contributed by atoms with E-state index in [1.54, 1.807) is 48.5 Å². The zero-order valence-electron chi connectivity index (χ0n) is 14.1. The highest BCUT2D eigenvalue weighted by Crippen LogP contribution is 2.26. The molecule has 0 atom stereocenters. The van der Waals surface area contributed by atoms with E-state index in [0.717, 1.165) is 5.56 Å². The summed E-state index contributed by atoms with van der Waals surface area (Å²) in [4.78, 5) is 16.7. The summed E-state index contributed by atoms with van der Waals surface area (Å²) in [5.41, 5.74) is 2.11. The Labute approximate surface area is 150 Å². The van der Waals surface area contributed by atoms with E-state index in [2.05, 4.69) is 10.3 Å². The van der Waals surface area contributed by atoms with Gasteiger partial charge >= 0.3 is 0 Å². The van der Waals surface area contributed by atoms with Gasteiger partial charge in [0, 0.05) is 5.56 Å². The molecule has 0 aliphatic heterocycles. The van der Waals surface area contributed by atoms with Gasteiger partial charge in [0.05, 0.1) is 19.2 Å². The van der Waals surface area contributed by atoms with Gasteiger partial charge in [-0.25, -0.2) is 4.98 Å². The number of hydrogen-bond acceptors (Lipinski definition) is 5. The van der Waals surface area contributed by atoms with Crippen LogP contribution in [0.4, 0.5) is 5.82 Å². The molecule has 1 heterocycles. The minimum atomic E-state index is -0.238. The molecule has 0 aliphatic carbocycles. The molecule has 3 rings (SSSR count). The number of amides is 1. The normalized spacial score (nSPS) is 10.3. The zero-order valence-corrected chi connectivity index (χ0v) is 14.1. The predicted octanol–water partition coefficient (Wildman–Crippen LogP) is 3.35. The lowest BCUT2D eigenvalue weighted by atomic mass is 10.1. The number of pyridine rings is 1. The molecule has 3 N–H and O–H groups in total. The second-order valence-corrected chi connectivity index (χ2v) is 5.69. The summed E-state index contributed by atoms with van der Waals surface area (Å²) >= 11 is 0. The van der Waals surface area contributed by atoms with Crippen molar-refractivity contribution in [1.29, 1.82) is 0 Å². The van der Waals surface area contributed by atoms with Crippen LogP contribution in [0.5, 0.6) is 17.2 Å². The van der Waals surface area contributed by atoms with Crippen molar-refractivity contribution in [1.82, 2.24) is 4.98 Å². The van der Waals surface area contributed by atoms with Crippen molar-refractivity contribution in [2.75, 3.05) is 12.4 Å². The molecule has 6 nitrogen and oxygen atoms in total. The Bertz CT molecular complexity index is 941. The number of ether oxygens (including phenoxy) is 1. The third-order valence-corrected chi connectivity index (χ3v) is 3.77. The molecule has 2 aromatic carbocycles. The molecule has 0 saturated carbocycles. The maximum atomic E-state index is 12.3. The second-order valence-electron chi connectivity index (χ2n) is 5.69. The van der Waals surface area contributed by atoms with E-state index in [4.69, 9.17) is 4.74 Å². The van der Waals surface area contributed by atoms with Crippen LogP contribution < -0.4 is 10.1 Å². The Morgan fingerprint density at radius 2 is 1.88 bits per heavy atom. The van der Waals surface area contributed by atoms with Crippen LogP contribution in [0.25, 0.3) is 11.3 Å². The molecule has 0 fully saturated rings. The molecular formula is C20H18N2O4. The molecule has 0 radical (unpaired) electrons. The fourth-order valence-electron chi connectivity index (χ4n) is 2.53. The van der Waals surface area contributed by atoms with Gasteiger partial charge in [0.2, 0.25) is 5.91 Å². The number of aromatic nitrogens is 1. The number of methoxy groups -OCH3 is 1. The van der Waals surface area contributed by atoms with Gasteiger partial charge in [0.15, 0.2) is 11.5 Å². The van der Waals surface area contributed by atoms with Gasteiger partial charge < -0.3 is 20.3 Å². The molecule has 0 aliphatic rings. The van der Waals surface area contributed by atoms with E-state index in [-0.39, 0.29) is 23.8 Å². The number of aromatic hydroxyl groups is 2. The van der Waals surface area contributed by atoms with Crippen molar-refractivity contribution >= 4 is 11.7 Å². The Morgan fingerprint density at radius 1 is 1.08 bits per heavy atom. The van der Waals surface area contributed by atoms with Crippen molar-refractivity contribution in [2.45, 2.75) is 6.42 Å². The summed E-state index contributed by atoms with van der Waals surface area (Å²) in [5.74, 6) is 0.677. The fraction of sp³-hybridized carbons (Fsp3) is 0.100. The smallest absolute Gasteiger partial charge is 0.229 e. The first-order chi connectivity index (χ1) is 12.5. The van der Waals surface area contributed by atoms with E-state index in [0.29, 0.717) is 22.8 Å². The van der Waals surface area contributed by atoms with Crippen LogP contribution in [-0.4, -0.2) is 28.2 Å². The monoisotopic (exact) mass is 350 g/mol. The first-order valence-corrected chi connectivity index (χ1v) is 7.97. The summed E-state index contributed by atoms with van der Waals surface area (Å²) in [6, 6.07) is 16.8. The molecule has 3 aromatic rings. The van der Waals surface area contributed by atoms with Crippen LogP contribution >= 0.6 is 0 Å². The molecule has 0 unspecified atom stereocenters. The van der Waals surface area contributed by atoms with E-state index < -0.39 is 0 Å². The summed E-state index contributed by atoms with van der Waals surface area (Å²) in [6.07, 6.45) is 0.120. The molecule has 0 spiro atoms. The number of nitrogens with one attached hydrogen (secondary N) is 1. The van der Waals surface area contributed by atoms with Gasteiger partial charge in [-0.2, -0.15) is 0 Å². The Morgan fingerprint density at radius 3 is 2.65 bits per heavy atom. The molecule has 6 heteroatoms. The minimum Gasteiger partial charge on any atom is -0.508 e. The van der Waals surface area contributed by atoms with E-state index >= 15 is 0 Å². The number of phenols is 2. The molecule has 1 amide bonds. The lowest BCUT2D eigenvalue weighted by molar-refractivity contribution is -0.115. The van der Waals surface area contributed by atoms with Gasteiger partial charge in [0.1, 0.15) is 11.6 Å². The van der Waals surface area contributed by atoms with E-state index in [9.17, 15) is 15.0 Å². The average Bonchev–Trinajstić information content (AvgIpc) is 2.63. The van der Waals surface area contributed by atoms with Gasteiger partial charge in [-0.05, 0) is 42.0 Å². The third-order valence-electron chi connectivity index (χ3n) is 3.77. The lowest BCUT2D eigenvalue weighted by Gasteiger charge is -2.09. The van der Waals surface area contributed by atoms with Crippen LogP contribution in [0.1, 0.15) is 5.56 Å². The summed E-state index contributed by atoms with van der Waals surface area (Å²) < 4.78 is 5.05. The zero-order chi connectivity index (χ0) is 18.5. The number of phenolic OH excluding ortho intramolecular Hbond substituents is 2. The quantitative estimate of drug-likeness (QED) is 0.656. The molecule has 26 heavy (non-hydrogen) atoms. The van der Waals surface area contributed by atoms with Crippen molar-refractivity contribution in [3.8, 4) is 28.5 Å². The number of hydrogen-bond donors (Lipinski definition) is 3. The number of benzene rings is 2. The van der Waals surface area contributed by atoms with Crippen molar-refractivity contribution in [2.24, 2.45) is 0 Å². The largest absolute Gasteiger partial charge is 0.508 e. The van der Waals surface area contributed by atoms with Crippen LogP contribution in [0.15, 0.2) is 60.7 Å². The van der Waals surface area contributed by atoms with E-state index in [1.807, 2.05) is 6.07 Å². The Kier molecular flexibility index (Phi) is 5.03.